The number of ketones is 1. The average Bonchev–Trinajstić information content (AvgIpc) is 3.01. The van der Waals surface area contributed by atoms with Crippen LogP contribution in [0.3, 0.4) is 0 Å². The Bertz CT molecular complexity index is 920. The number of nitro groups is 1. The molecule has 1 atom stereocenters. The molecule has 156 valence electrons. The first-order chi connectivity index (χ1) is 13.9. The van der Waals surface area contributed by atoms with Crippen LogP contribution in [0.4, 0.5) is 5.69 Å². The molecule has 12 heteroatoms. The van der Waals surface area contributed by atoms with E-state index in [2.05, 4.69) is 15.1 Å². The Hall–Kier alpha value is -2.30. The Labute approximate surface area is 176 Å². The van der Waals surface area contributed by atoms with Crippen LogP contribution < -0.4 is 4.74 Å². The lowest BCUT2D eigenvalue weighted by atomic mass is 10.1. The Kier molecular flexibility index (Phi) is 6.99. The number of aryl methyl sites for hydroxylation is 1. The van der Waals surface area contributed by atoms with Crippen LogP contribution in [0.1, 0.15) is 36.7 Å². The van der Waals surface area contributed by atoms with Crippen LogP contribution >= 0.6 is 23.2 Å². The van der Waals surface area contributed by atoms with E-state index in [-0.39, 0.29) is 41.5 Å². The minimum absolute atomic E-state index is 0.0242. The highest BCUT2D eigenvalue weighted by atomic mass is 35.5. The molecule has 2 aromatic heterocycles. The number of aromatic nitrogens is 4. The van der Waals surface area contributed by atoms with Crippen LogP contribution in [0.2, 0.25) is 10.3 Å². The lowest BCUT2D eigenvalue weighted by Crippen LogP contribution is -2.31. The van der Waals surface area contributed by atoms with Crippen molar-refractivity contribution in [2.24, 2.45) is 0 Å². The van der Waals surface area contributed by atoms with Gasteiger partial charge in [0.15, 0.2) is 5.78 Å². The summed E-state index contributed by atoms with van der Waals surface area (Å²) in [5.41, 5.74) is 0.693. The largest absolute Gasteiger partial charge is 0.472 e. The van der Waals surface area contributed by atoms with Crippen molar-refractivity contribution in [2.75, 3.05) is 19.8 Å². The lowest BCUT2D eigenvalue weighted by Gasteiger charge is -2.21. The Balaban J connectivity index is 1.62. The summed E-state index contributed by atoms with van der Waals surface area (Å²) in [4.78, 5) is 30.9. The van der Waals surface area contributed by atoms with Gasteiger partial charge in [-0.2, -0.15) is 0 Å². The Morgan fingerprint density at radius 1 is 1.41 bits per heavy atom. The molecule has 1 unspecified atom stereocenters. The number of unbranched alkanes of at least 4 members (excludes halogenated alkanes) is 1. The molecule has 1 aliphatic heterocycles. The van der Waals surface area contributed by atoms with Gasteiger partial charge < -0.3 is 9.47 Å². The van der Waals surface area contributed by atoms with Gasteiger partial charge in [0.05, 0.1) is 28.4 Å². The summed E-state index contributed by atoms with van der Waals surface area (Å²) in [6, 6.07) is -0.579. The van der Waals surface area contributed by atoms with Gasteiger partial charge >= 0.3 is 11.6 Å². The molecule has 1 fully saturated rings. The van der Waals surface area contributed by atoms with Crippen molar-refractivity contribution in [1.29, 1.82) is 0 Å². The molecule has 3 rings (SSSR count). The fourth-order valence-corrected chi connectivity index (χ4v) is 3.43. The number of hydrogen-bond acceptors (Lipinski definition) is 8. The van der Waals surface area contributed by atoms with Crippen molar-refractivity contribution in [1.82, 2.24) is 19.7 Å². The highest BCUT2D eigenvalue weighted by molar-refractivity contribution is 6.31. The molecule has 0 saturated carbocycles. The zero-order valence-corrected chi connectivity index (χ0v) is 17.1. The highest BCUT2D eigenvalue weighted by Crippen LogP contribution is 2.33. The number of nitrogens with zero attached hydrogens (tertiary/aromatic N) is 5. The van der Waals surface area contributed by atoms with Gasteiger partial charge in [0.1, 0.15) is 18.3 Å². The van der Waals surface area contributed by atoms with E-state index in [1.54, 1.807) is 6.92 Å². The minimum atomic E-state index is -0.579. The summed E-state index contributed by atoms with van der Waals surface area (Å²) in [5, 5.41) is 16.2. The van der Waals surface area contributed by atoms with Crippen molar-refractivity contribution >= 4 is 34.7 Å². The van der Waals surface area contributed by atoms with Crippen molar-refractivity contribution in [3.63, 3.8) is 0 Å². The number of carbonyl (C=O) groups is 1. The number of halogens is 2. The molecule has 10 nitrogen and oxygen atoms in total. The smallest absolute Gasteiger partial charge is 0.352 e. The van der Waals surface area contributed by atoms with E-state index in [0.717, 1.165) is 0 Å². The molecule has 0 aromatic carbocycles. The fourth-order valence-electron chi connectivity index (χ4n) is 3.09. The van der Waals surface area contributed by atoms with Crippen molar-refractivity contribution in [2.45, 2.75) is 38.6 Å². The second kappa shape index (κ2) is 9.47. The van der Waals surface area contributed by atoms with E-state index in [1.165, 1.54) is 10.9 Å². The van der Waals surface area contributed by atoms with E-state index in [1.807, 2.05) is 0 Å². The summed E-state index contributed by atoms with van der Waals surface area (Å²) in [5.74, 6) is -0.251. The van der Waals surface area contributed by atoms with Gasteiger partial charge in [-0.05, 0) is 37.8 Å². The van der Waals surface area contributed by atoms with E-state index >= 15 is 0 Å². The Morgan fingerprint density at radius 2 is 2.21 bits per heavy atom. The van der Waals surface area contributed by atoms with Crippen molar-refractivity contribution < 1.29 is 19.2 Å². The first-order valence-electron chi connectivity index (χ1n) is 9.02. The quantitative estimate of drug-likeness (QED) is 0.263. The summed E-state index contributed by atoms with van der Waals surface area (Å²) in [7, 11) is 0. The van der Waals surface area contributed by atoms with Crippen LogP contribution in [0.5, 0.6) is 5.88 Å². The molecular weight excluding hydrogens is 425 g/mol. The maximum Gasteiger partial charge on any atom is 0.352 e. The Morgan fingerprint density at radius 3 is 2.93 bits per heavy atom. The van der Waals surface area contributed by atoms with Gasteiger partial charge in [-0.25, -0.2) is 14.6 Å². The monoisotopic (exact) mass is 443 g/mol. The minimum Gasteiger partial charge on any atom is -0.472 e. The molecule has 1 aliphatic rings. The zero-order chi connectivity index (χ0) is 21.0. The van der Waals surface area contributed by atoms with E-state index in [4.69, 9.17) is 32.7 Å². The lowest BCUT2D eigenvalue weighted by molar-refractivity contribution is -0.386. The normalized spacial score (nSPS) is 16.8. The molecule has 0 N–H and O–H groups in total. The average molecular weight is 444 g/mol. The van der Waals surface area contributed by atoms with E-state index < -0.39 is 11.0 Å². The van der Waals surface area contributed by atoms with Crippen LogP contribution in [0, 0.1) is 17.0 Å². The van der Waals surface area contributed by atoms with E-state index in [0.29, 0.717) is 43.0 Å². The van der Waals surface area contributed by atoms with Crippen LogP contribution in [0.15, 0.2) is 6.20 Å². The number of rotatable bonds is 8. The van der Waals surface area contributed by atoms with Crippen molar-refractivity contribution in [3.05, 3.63) is 38.0 Å². The molecule has 29 heavy (non-hydrogen) atoms. The third kappa shape index (κ3) is 5.01. The first kappa shape index (κ1) is 21.4. The fraction of sp³-hybridized carbons (Fsp3) is 0.529. The topological polar surface area (TPSA) is 122 Å². The standard InChI is InChI=1S/C17H19Cl2N5O5/c1-10-15(24(26)27)16(22-23(10)13-5-7-28-9-14(13)25)29-6-3-2-4-12-11(18)8-20-17(19)21-12/h8,13H,2-7,9H2,1H3. The van der Waals surface area contributed by atoms with Gasteiger partial charge in [-0.1, -0.05) is 11.6 Å². The number of Topliss-reactive ketones (excluding diaryl/α,β-unsaturated/α-hetero) is 1. The third-order valence-electron chi connectivity index (χ3n) is 4.55. The molecule has 3 heterocycles. The second-order valence-corrected chi connectivity index (χ2v) is 7.25. The maximum absolute atomic E-state index is 12.1. The van der Waals surface area contributed by atoms with Gasteiger partial charge in [0, 0.05) is 13.0 Å². The molecule has 0 aliphatic carbocycles. The number of carbonyl (C=O) groups excluding carboxylic acids is 1. The maximum atomic E-state index is 12.1. The summed E-state index contributed by atoms with van der Waals surface area (Å²) < 4.78 is 12.1. The van der Waals surface area contributed by atoms with Gasteiger partial charge in [0.2, 0.25) is 5.28 Å². The predicted molar refractivity (Wildman–Crippen MR) is 104 cm³/mol. The number of ether oxygens (including phenoxy) is 2. The van der Waals surface area contributed by atoms with E-state index in [9.17, 15) is 14.9 Å². The molecule has 0 amide bonds. The molecular formula is C17H19Cl2N5O5. The summed E-state index contributed by atoms with van der Waals surface area (Å²) >= 11 is 11.8. The van der Waals surface area contributed by atoms with Crippen LogP contribution in [-0.2, 0) is 16.0 Å². The summed E-state index contributed by atoms with van der Waals surface area (Å²) in [6.07, 6.45) is 3.70. The second-order valence-electron chi connectivity index (χ2n) is 6.50. The predicted octanol–water partition coefficient (Wildman–Crippen LogP) is 3.13. The number of hydrogen-bond donors (Lipinski definition) is 0. The third-order valence-corrected chi connectivity index (χ3v) is 5.05. The van der Waals surface area contributed by atoms with Crippen LogP contribution in [-0.4, -0.2) is 50.3 Å². The molecule has 0 spiro atoms. The van der Waals surface area contributed by atoms with Crippen molar-refractivity contribution in [3.8, 4) is 5.88 Å². The van der Waals surface area contributed by atoms with Gasteiger partial charge in [-0.15, -0.1) is 5.10 Å². The summed E-state index contributed by atoms with van der Waals surface area (Å²) in [6.45, 7) is 2.15. The molecule has 1 saturated heterocycles. The molecule has 0 radical (unpaired) electrons. The van der Waals surface area contributed by atoms with Crippen LogP contribution in [0.25, 0.3) is 0 Å². The molecule has 2 aromatic rings. The molecule has 0 bridgehead atoms. The SMILES string of the molecule is Cc1c([N+](=O)[O-])c(OCCCCc2nc(Cl)ncc2Cl)nn1C1CCOCC1=O. The first-order valence-corrected chi connectivity index (χ1v) is 9.77. The highest BCUT2D eigenvalue weighted by Gasteiger charge is 2.33. The van der Waals surface area contributed by atoms with Gasteiger partial charge in [-0.3, -0.25) is 14.9 Å². The zero-order valence-electron chi connectivity index (χ0n) is 15.6. The van der Waals surface area contributed by atoms with Gasteiger partial charge in [0.25, 0.3) is 0 Å².